The molecule has 0 saturated heterocycles. The fourth-order valence-electron chi connectivity index (χ4n) is 1.52. The summed E-state index contributed by atoms with van der Waals surface area (Å²) in [5, 5.41) is 15.2. The first-order chi connectivity index (χ1) is 8.56. The van der Waals surface area contributed by atoms with Crippen LogP contribution in [-0.4, -0.2) is 16.1 Å². The number of thiazole rings is 1. The molecule has 2 rings (SSSR count). The molecule has 0 aliphatic carbocycles. The van der Waals surface area contributed by atoms with Gasteiger partial charge in [0.2, 0.25) is 0 Å². The Bertz CT molecular complexity index is 583. The number of halogens is 1. The monoisotopic (exact) mass is 326 g/mol. The van der Waals surface area contributed by atoms with Crippen molar-refractivity contribution in [1.29, 1.82) is 0 Å². The number of aryl methyl sites for hydroxylation is 1. The fourth-order valence-corrected chi connectivity index (χ4v) is 2.50. The molecular weight excluding hydrogens is 316 g/mol. The third-order valence-corrected chi connectivity index (χ3v) is 3.65. The van der Waals surface area contributed by atoms with Crippen molar-refractivity contribution in [1.82, 2.24) is 4.98 Å². The summed E-state index contributed by atoms with van der Waals surface area (Å²) in [5.41, 5.74) is 1.75. The van der Waals surface area contributed by atoms with Crippen molar-refractivity contribution in [3.05, 3.63) is 44.3 Å². The van der Waals surface area contributed by atoms with Crippen LogP contribution < -0.4 is 5.32 Å². The second-order valence-electron chi connectivity index (χ2n) is 3.71. The smallest absolute Gasteiger partial charge is 0.337 e. The summed E-state index contributed by atoms with van der Waals surface area (Å²) in [6, 6.07) is 5.13. The number of hydrogen-bond donors (Lipinski definition) is 2. The molecule has 94 valence electrons. The third-order valence-electron chi connectivity index (χ3n) is 2.34. The van der Waals surface area contributed by atoms with Crippen LogP contribution in [0.3, 0.4) is 0 Å². The number of nitrogens with zero attached hydrogens (tertiary/aromatic N) is 1. The number of carboxylic acid groups (broad SMARTS) is 1. The van der Waals surface area contributed by atoms with Gasteiger partial charge >= 0.3 is 5.97 Å². The average Bonchev–Trinajstić information content (AvgIpc) is 2.73. The van der Waals surface area contributed by atoms with Crippen LogP contribution in [0.2, 0.25) is 0 Å². The number of benzene rings is 1. The molecule has 1 aromatic carbocycles. The minimum atomic E-state index is -0.951. The fraction of sp³-hybridized carbons (Fsp3) is 0.167. The highest BCUT2D eigenvalue weighted by molar-refractivity contribution is 9.10. The molecule has 6 heteroatoms. The lowest BCUT2D eigenvalue weighted by atomic mass is 10.2. The van der Waals surface area contributed by atoms with Crippen molar-refractivity contribution in [2.75, 3.05) is 5.32 Å². The molecule has 1 heterocycles. The molecule has 0 aliphatic rings. The van der Waals surface area contributed by atoms with Crippen LogP contribution in [0.1, 0.15) is 21.1 Å². The summed E-state index contributed by atoms with van der Waals surface area (Å²) in [7, 11) is 0. The summed E-state index contributed by atoms with van der Waals surface area (Å²) in [4.78, 5) is 15.4. The van der Waals surface area contributed by atoms with Gasteiger partial charge in [0.25, 0.3) is 0 Å². The van der Waals surface area contributed by atoms with Crippen LogP contribution in [0, 0.1) is 6.92 Å². The Kier molecular flexibility index (Phi) is 3.98. The lowest BCUT2D eigenvalue weighted by Crippen LogP contribution is -2.06. The van der Waals surface area contributed by atoms with Crippen molar-refractivity contribution in [2.45, 2.75) is 13.5 Å². The molecule has 0 unspecified atom stereocenters. The minimum absolute atomic E-state index is 0.247. The molecule has 0 fully saturated rings. The van der Waals surface area contributed by atoms with E-state index in [4.69, 9.17) is 5.11 Å². The average molecular weight is 327 g/mol. The minimum Gasteiger partial charge on any atom is -0.478 e. The zero-order valence-electron chi connectivity index (χ0n) is 9.61. The highest BCUT2D eigenvalue weighted by atomic mass is 79.9. The Morgan fingerprint density at radius 1 is 1.56 bits per heavy atom. The summed E-state index contributed by atoms with van der Waals surface area (Å²) in [6.07, 6.45) is 0. The highest BCUT2D eigenvalue weighted by Gasteiger charge is 2.10. The molecular formula is C12H11BrN2O2S. The van der Waals surface area contributed by atoms with Crippen molar-refractivity contribution < 1.29 is 9.90 Å². The summed E-state index contributed by atoms with van der Waals surface area (Å²) < 4.78 is 0.745. The van der Waals surface area contributed by atoms with Crippen LogP contribution in [0.5, 0.6) is 0 Å². The largest absolute Gasteiger partial charge is 0.478 e. The Labute approximate surface area is 117 Å². The topological polar surface area (TPSA) is 62.2 Å². The van der Waals surface area contributed by atoms with E-state index < -0.39 is 5.97 Å². The van der Waals surface area contributed by atoms with Crippen LogP contribution >= 0.6 is 27.3 Å². The molecule has 0 atom stereocenters. The zero-order valence-corrected chi connectivity index (χ0v) is 12.0. The van der Waals surface area contributed by atoms with Gasteiger partial charge in [0.05, 0.1) is 22.8 Å². The Balaban J connectivity index is 2.16. The van der Waals surface area contributed by atoms with Gasteiger partial charge in [-0.05, 0) is 25.1 Å². The maximum absolute atomic E-state index is 11.1. The van der Waals surface area contributed by atoms with E-state index in [0.717, 1.165) is 15.2 Å². The van der Waals surface area contributed by atoms with Crippen molar-refractivity contribution in [2.24, 2.45) is 0 Å². The first-order valence-electron chi connectivity index (χ1n) is 5.24. The number of rotatable bonds is 4. The Hall–Kier alpha value is -1.40. The standard InChI is InChI=1S/C12H11BrN2O2S/c1-7-15-9(6-18-7)5-14-11-3-2-8(13)4-10(11)12(16)17/h2-4,6,14H,5H2,1H3,(H,16,17). The number of anilines is 1. The first-order valence-corrected chi connectivity index (χ1v) is 6.91. The molecule has 0 saturated carbocycles. The highest BCUT2D eigenvalue weighted by Crippen LogP contribution is 2.22. The maximum Gasteiger partial charge on any atom is 0.337 e. The third kappa shape index (κ3) is 3.08. The maximum atomic E-state index is 11.1. The zero-order chi connectivity index (χ0) is 13.1. The predicted molar refractivity (Wildman–Crippen MR) is 75.3 cm³/mol. The predicted octanol–water partition coefficient (Wildman–Crippen LogP) is 3.52. The van der Waals surface area contributed by atoms with Gasteiger partial charge < -0.3 is 10.4 Å². The Morgan fingerprint density at radius 2 is 2.33 bits per heavy atom. The van der Waals surface area contributed by atoms with Gasteiger partial charge in [0.15, 0.2) is 0 Å². The molecule has 0 bridgehead atoms. The van der Waals surface area contributed by atoms with Gasteiger partial charge in [-0.25, -0.2) is 9.78 Å². The van der Waals surface area contributed by atoms with E-state index in [1.807, 2.05) is 12.3 Å². The second-order valence-corrected chi connectivity index (χ2v) is 5.68. The number of carboxylic acids is 1. The molecule has 0 spiro atoms. The van der Waals surface area contributed by atoms with Gasteiger partial charge in [0, 0.05) is 15.5 Å². The first kappa shape index (κ1) is 13.0. The molecule has 0 radical (unpaired) electrons. The second kappa shape index (κ2) is 5.49. The van der Waals surface area contributed by atoms with Gasteiger partial charge in [-0.2, -0.15) is 0 Å². The van der Waals surface area contributed by atoms with Crippen LogP contribution in [0.25, 0.3) is 0 Å². The van der Waals surface area contributed by atoms with E-state index in [2.05, 4.69) is 26.2 Å². The van der Waals surface area contributed by atoms with Crippen LogP contribution in [0.15, 0.2) is 28.1 Å². The lowest BCUT2D eigenvalue weighted by molar-refractivity contribution is 0.0698. The van der Waals surface area contributed by atoms with Gasteiger partial charge in [0.1, 0.15) is 0 Å². The van der Waals surface area contributed by atoms with Crippen molar-refractivity contribution in [3.8, 4) is 0 Å². The number of carbonyl (C=O) groups is 1. The molecule has 2 aromatic rings. The van der Waals surface area contributed by atoms with E-state index in [0.29, 0.717) is 12.2 Å². The number of hydrogen-bond acceptors (Lipinski definition) is 4. The van der Waals surface area contributed by atoms with Gasteiger partial charge in [-0.1, -0.05) is 15.9 Å². The van der Waals surface area contributed by atoms with E-state index in [-0.39, 0.29) is 5.56 Å². The SMILES string of the molecule is Cc1nc(CNc2ccc(Br)cc2C(=O)O)cs1. The van der Waals surface area contributed by atoms with Crippen molar-refractivity contribution in [3.63, 3.8) is 0 Å². The molecule has 2 N–H and O–H groups in total. The summed E-state index contributed by atoms with van der Waals surface area (Å²) in [5.74, 6) is -0.951. The molecule has 0 aliphatic heterocycles. The molecule has 1 aromatic heterocycles. The number of aromatic carboxylic acids is 1. The summed E-state index contributed by atoms with van der Waals surface area (Å²) >= 11 is 4.84. The van der Waals surface area contributed by atoms with Gasteiger partial charge in [-0.3, -0.25) is 0 Å². The van der Waals surface area contributed by atoms with Crippen LogP contribution in [0.4, 0.5) is 5.69 Å². The quantitative estimate of drug-likeness (QED) is 0.902. The Morgan fingerprint density at radius 3 is 2.94 bits per heavy atom. The number of nitrogens with one attached hydrogen (secondary N) is 1. The normalized spacial score (nSPS) is 10.3. The van der Waals surface area contributed by atoms with Gasteiger partial charge in [-0.15, -0.1) is 11.3 Å². The molecule has 0 amide bonds. The lowest BCUT2D eigenvalue weighted by Gasteiger charge is -2.08. The number of aromatic nitrogens is 1. The van der Waals surface area contributed by atoms with E-state index >= 15 is 0 Å². The van der Waals surface area contributed by atoms with E-state index in [1.165, 1.54) is 0 Å². The summed E-state index contributed by atoms with van der Waals surface area (Å²) in [6.45, 7) is 2.46. The van der Waals surface area contributed by atoms with Crippen molar-refractivity contribution >= 4 is 38.9 Å². The van der Waals surface area contributed by atoms with Crippen LogP contribution in [-0.2, 0) is 6.54 Å². The molecule has 4 nitrogen and oxygen atoms in total. The molecule has 18 heavy (non-hydrogen) atoms. The van der Waals surface area contributed by atoms with E-state index in [9.17, 15) is 4.79 Å². The van der Waals surface area contributed by atoms with E-state index in [1.54, 1.807) is 29.5 Å².